The molecule has 0 unspecified atom stereocenters. The molecular formula is C21H15N. The van der Waals surface area contributed by atoms with Crippen molar-refractivity contribution in [3.8, 4) is 0 Å². The second-order valence-corrected chi connectivity index (χ2v) is 6.17. The van der Waals surface area contributed by atoms with E-state index >= 15 is 0 Å². The topological polar surface area (TPSA) is 12.9 Å². The highest BCUT2D eigenvalue weighted by Gasteiger charge is 2.13. The van der Waals surface area contributed by atoms with Crippen LogP contribution in [0.5, 0.6) is 0 Å². The van der Waals surface area contributed by atoms with Gasteiger partial charge in [-0.05, 0) is 68.5 Å². The molecule has 1 heteroatoms. The number of pyridine rings is 1. The third kappa shape index (κ3) is 1.75. The molecule has 0 aliphatic heterocycles. The lowest BCUT2D eigenvalue weighted by Crippen LogP contribution is -2.25. The van der Waals surface area contributed by atoms with Gasteiger partial charge in [-0.2, -0.15) is 0 Å². The molecule has 1 nitrogen and oxygen atoms in total. The molecular weight excluding hydrogens is 266 g/mol. The van der Waals surface area contributed by atoms with Crippen LogP contribution >= 0.6 is 0 Å². The Hall–Kier alpha value is -2.67. The molecule has 2 aliphatic rings. The quantitative estimate of drug-likeness (QED) is 0.425. The van der Waals surface area contributed by atoms with Gasteiger partial charge in [-0.3, -0.25) is 4.98 Å². The zero-order valence-corrected chi connectivity index (χ0v) is 12.2. The highest BCUT2D eigenvalue weighted by Crippen LogP contribution is 2.20. The van der Waals surface area contributed by atoms with Crippen molar-refractivity contribution in [1.82, 2.24) is 4.98 Å². The van der Waals surface area contributed by atoms with E-state index in [0.29, 0.717) is 0 Å². The van der Waals surface area contributed by atoms with E-state index in [1.54, 1.807) is 0 Å². The van der Waals surface area contributed by atoms with E-state index in [1.165, 1.54) is 43.8 Å². The molecule has 0 saturated heterocycles. The maximum absolute atomic E-state index is 4.26. The van der Waals surface area contributed by atoms with E-state index in [0.717, 1.165) is 12.8 Å². The fourth-order valence-electron chi connectivity index (χ4n) is 3.61. The SMILES string of the molecule is C1=c2cc3c(cc2Cc2ccccc21)=Cc1ccncc1C3. The van der Waals surface area contributed by atoms with E-state index in [-0.39, 0.29) is 0 Å². The molecule has 0 saturated carbocycles. The van der Waals surface area contributed by atoms with Crippen LogP contribution in [0.15, 0.2) is 54.9 Å². The van der Waals surface area contributed by atoms with Crippen LogP contribution in [0.25, 0.3) is 12.2 Å². The summed E-state index contributed by atoms with van der Waals surface area (Å²) in [6.45, 7) is 0. The van der Waals surface area contributed by atoms with Crippen molar-refractivity contribution in [2.45, 2.75) is 12.8 Å². The van der Waals surface area contributed by atoms with Crippen LogP contribution in [0.3, 0.4) is 0 Å². The van der Waals surface area contributed by atoms with Gasteiger partial charge in [0, 0.05) is 18.8 Å². The molecule has 0 atom stereocenters. The zero-order valence-electron chi connectivity index (χ0n) is 12.2. The van der Waals surface area contributed by atoms with Crippen molar-refractivity contribution in [1.29, 1.82) is 0 Å². The smallest absolute Gasteiger partial charge is 0.0309 e. The summed E-state index contributed by atoms with van der Waals surface area (Å²) in [5.41, 5.74) is 8.27. The van der Waals surface area contributed by atoms with E-state index in [4.69, 9.17) is 0 Å². The number of hydrogen-bond donors (Lipinski definition) is 0. The number of rotatable bonds is 0. The first-order valence-corrected chi connectivity index (χ1v) is 7.73. The fraction of sp³-hybridized carbons (Fsp3) is 0.0952. The number of aromatic nitrogens is 1. The van der Waals surface area contributed by atoms with Crippen LogP contribution in [-0.4, -0.2) is 4.98 Å². The highest BCUT2D eigenvalue weighted by molar-refractivity contribution is 5.63. The lowest BCUT2D eigenvalue weighted by molar-refractivity contribution is 1.07. The minimum Gasteiger partial charge on any atom is -0.264 e. The van der Waals surface area contributed by atoms with Gasteiger partial charge in [0.1, 0.15) is 0 Å². The predicted molar refractivity (Wildman–Crippen MR) is 89.1 cm³/mol. The van der Waals surface area contributed by atoms with Crippen molar-refractivity contribution >= 4 is 12.2 Å². The van der Waals surface area contributed by atoms with Crippen LogP contribution in [0.2, 0.25) is 0 Å². The van der Waals surface area contributed by atoms with Gasteiger partial charge >= 0.3 is 0 Å². The molecule has 0 fully saturated rings. The molecule has 2 aromatic carbocycles. The normalized spacial score (nSPS) is 13.8. The zero-order chi connectivity index (χ0) is 14.5. The first-order valence-electron chi connectivity index (χ1n) is 7.73. The molecule has 22 heavy (non-hydrogen) atoms. The van der Waals surface area contributed by atoms with Crippen LogP contribution in [0, 0.1) is 0 Å². The average molecular weight is 281 g/mol. The molecule has 0 radical (unpaired) electrons. The standard InChI is InChI=1S/C21H15N/c1-2-4-15-8-18-11-20-12-21-13-22-6-5-16(21)9-19(20)10-17(18)7-14(15)3-1/h1-6,8-11,13H,7,12H2. The first kappa shape index (κ1) is 11.9. The van der Waals surface area contributed by atoms with E-state index in [2.05, 4.69) is 59.6 Å². The Kier molecular flexibility index (Phi) is 2.39. The molecule has 104 valence electrons. The molecule has 5 rings (SSSR count). The van der Waals surface area contributed by atoms with Crippen LogP contribution in [-0.2, 0) is 12.8 Å². The highest BCUT2D eigenvalue weighted by atomic mass is 14.6. The summed E-state index contributed by atoms with van der Waals surface area (Å²) >= 11 is 0. The lowest BCUT2D eigenvalue weighted by Gasteiger charge is -2.17. The number of benzene rings is 2. The summed E-state index contributed by atoms with van der Waals surface area (Å²) in [6, 6.07) is 15.6. The second kappa shape index (κ2) is 4.41. The van der Waals surface area contributed by atoms with Crippen LogP contribution < -0.4 is 10.4 Å². The molecule has 3 aromatic rings. The van der Waals surface area contributed by atoms with Crippen molar-refractivity contribution in [3.05, 3.63) is 98.7 Å². The van der Waals surface area contributed by atoms with Gasteiger partial charge in [0.25, 0.3) is 0 Å². The van der Waals surface area contributed by atoms with Gasteiger partial charge < -0.3 is 0 Å². The van der Waals surface area contributed by atoms with Gasteiger partial charge in [0.2, 0.25) is 0 Å². The predicted octanol–water partition coefficient (Wildman–Crippen LogP) is 2.55. The summed E-state index contributed by atoms with van der Waals surface area (Å²) in [5, 5.41) is 2.74. The van der Waals surface area contributed by atoms with Crippen LogP contribution in [0.1, 0.15) is 33.4 Å². The molecule has 1 heterocycles. The maximum Gasteiger partial charge on any atom is 0.0309 e. The third-order valence-corrected chi connectivity index (χ3v) is 4.78. The Morgan fingerprint density at radius 1 is 0.682 bits per heavy atom. The summed E-state index contributed by atoms with van der Waals surface area (Å²) in [4.78, 5) is 4.26. The van der Waals surface area contributed by atoms with Crippen molar-refractivity contribution in [2.24, 2.45) is 0 Å². The van der Waals surface area contributed by atoms with Gasteiger partial charge in [0.15, 0.2) is 0 Å². The first-order chi connectivity index (χ1) is 10.9. The fourth-order valence-corrected chi connectivity index (χ4v) is 3.61. The van der Waals surface area contributed by atoms with E-state index in [9.17, 15) is 0 Å². The molecule has 0 amide bonds. The molecule has 0 spiro atoms. The number of nitrogens with zero attached hydrogens (tertiary/aromatic N) is 1. The Morgan fingerprint density at radius 2 is 1.36 bits per heavy atom. The van der Waals surface area contributed by atoms with Gasteiger partial charge in [0.05, 0.1) is 0 Å². The Bertz CT molecular complexity index is 943. The monoisotopic (exact) mass is 281 g/mol. The Balaban J connectivity index is 1.76. The minimum atomic E-state index is 0.984. The van der Waals surface area contributed by atoms with Gasteiger partial charge in [-0.25, -0.2) is 0 Å². The average Bonchev–Trinajstić information content (AvgIpc) is 2.56. The third-order valence-electron chi connectivity index (χ3n) is 4.78. The number of fused-ring (bicyclic) bond motifs is 4. The summed E-state index contributed by atoms with van der Waals surface area (Å²) in [5.74, 6) is 0. The second-order valence-electron chi connectivity index (χ2n) is 6.17. The summed E-state index contributed by atoms with van der Waals surface area (Å²) < 4.78 is 0. The summed E-state index contributed by atoms with van der Waals surface area (Å²) in [6.07, 6.45) is 10.5. The van der Waals surface area contributed by atoms with Gasteiger partial charge in [-0.15, -0.1) is 0 Å². The molecule has 2 aliphatic carbocycles. The van der Waals surface area contributed by atoms with Crippen molar-refractivity contribution < 1.29 is 0 Å². The summed E-state index contributed by atoms with van der Waals surface area (Å²) in [7, 11) is 0. The Labute approximate surface area is 129 Å². The minimum absolute atomic E-state index is 0.984. The van der Waals surface area contributed by atoms with Crippen molar-refractivity contribution in [3.63, 3.8) is 0 Å². The Morgan fingerprint density at radius 3 is 2.18 bits per heavy atom. The molecule has 0 bridgehead atoms. The van der Waals surface area contributed by atoms with Gasteiger partial charge in [-0.1, -0.05) is 36.4 Å². The molecule has 1 aromatic heterocycles. The number of hydrogen-bond acceptors (Lipinski definition) is 1. The largest absolute Gasteiger partial charge is 0.264 e. The van der Waals surface area contributed by atoms with Crippen molar-refractivity contribution in [2.75, 3.05) is 0 Å². The lowest BCUT2D eigenvalue weighted by atomic mass is 9.87. The van der Waals surface area contributed by atoms with E-state index < -0.39 is 0 Å². The van der Waals surface area contributed by atoms with E-state index in [1.807, 2.05) is 12.4 Å². The molecule has 0 N–H and O–H groups in total. The van der Waals surface area contributed by atoms with Crippen LogP contribution in [0.4, 0.5) is 0 Å². The maximum atomic E-state index is 4.26.